The van der Waals surface area contributed by atoms with Gasteiger partial charge in [0.15, 0.2) is 0 Å². The molecule has 0 heterocycles. The Kier molecular flexibility index (Phi) is 10.7. The average molecular weight is 492 g/mol. The lowest BCUT2D eigenvalue weighted by Crippen LogP contribution is -2.36. The smallest absolute Gasteiger partial charge is 0.330 e. The molecule has 1 N–H and O–H groups in total. The molecule has 1 fully saturated rings. The lowest BCUT2D eigenvalue weighted by molar-refractivity contribution is -0.138. The second-order valence-electron chi connectivity index (χ2n) is 9.42. The Morgan fingerprint density at radius 3 is 2.47 bits per heavy atom. The van der Waals surface area contributed by atoms with Gasteiger partial charge in [-0.15, -0.1) is 0 Å². The van der Waals surface area contributed by atoms with Crippen LogP contribution in [0.15, 0.2) is 54.6 Å². The number of carboxylic acid groups (broad SMARTS) is 1. The van der Waals surface area contributed by atoms with E-state index >= 15 is 0 Å². The third-order valence-corrected chi connectivity index (χ3v) is 6.54. The van der Waals surface area contributed by atoms with Crippen LogP contribution in [0.2, 0.25) is 0 Å². The highest BCUT2D eigenvalue weighted by atomic mass is 16.5. The number of amides is 1. The molecule has 0 saturated heterocycles. The summed E-state index contributed by atoms with van der Waals surface area (Å²) in [7, 11) is 0. The molecule has 1 amide bonds. The van der Waals surface area contributed by atoms with Gasteiger partial charge in [0, 0.05) is 24.1 Å². The lowest BCUT2D eigenvalue weighted by atomic mass is 9.88. The van der Waals surface area contributed by atoms with Crippen LogP contribution in [0, 0.1) is 5.92 Å². The molecule has 1 saturated carbocycles. The summed E-state index contributed by atoms with van der Waals surface area (Å²) < 4.78 is 5.15. The van der Waals surface area contributed by atoms with E-state index in [2.05, 4.69) is 0 Å². The van der Waals surface area contributed by atoms with Crippen molar-refractivity contribution in [2.75, 3.05) is 11.5 Å². The summed E-state index contributed by atoms with van der Waals surface area (Å²) in [5.41, 5.74) is 3.57. The highest BCUT2D eigenvalue weighted by Gasteiger charge is 2.27. The van der Waals surface area contributed by atoms with Gasteiger partial charge in [-0.05, 0) is 60.6 Å². The van der Waals surface area contributed by atoms with Gasteiger partial charge in [0.25, 0.3) is 0 Å². The summed E-state index contributed by atoms with van der Waals surface area (Å²) in [6.07, 6.45) is 10.6. The molecule has 0 spiro atoms. The summed E-state index contributed by atoms with van der Waals surface area (Å²) in [5, 5.41) is 9.05. The number of rotatable bonds is 12. The van der Waals surface area contributed by atoms with Crippen molar-refractivity contribution in [2.45, 2.75) is 71.3 Å². The fourth-order valence-electron chi connectivity index (χ4n) is 4.44. The van der Waals surface area contributed by atoms with E-state index in [4.69, 9.17) is 9.84 Å². The lowest BCUT2D eigenvalue weighted by Gasteiger charge is -2.30. The van der Waals surface area contributed by atoms with E-state index in [1.54, 1.807) is 6.08 Å². The minimum absolute atomic E-state index is 0.0161. The molecule has 36 heavy (non-hydrogen) atoms. The molecule has 0 atom stereocenters. The van der Waals surface area contributed by atoms with Crippen molar-refractivity contribution in [1.29, 1.82) is 0 Å². The van der Waals surface area contributed by atoms with Crippen LogP contribution in [0.3, 0.4) is 0 Å². The van der Waals surface area contributed by atoms with Crippen molar-refractivity contribution in [3.05, 3.63) is 71.3 Å². The summed E-state index contributed by atoms with van der Waals surface area (Å²) in [6, 6.07) is 15.5. The van der Waals surface area contributed by atoms with E-state index in [1.165, 1.54) is 12.5 Å². The molecule has 192 valence electrons. The predicted molar refractivity (Wildman–Crippen MR) is 142 cm³/mol. The number of nitrogens with zero attached hydrogens (tertiary/aromatic N) is 1. The van der Waals surface area contributed by atoms with Gasteiger partial charge in [-0.1, -0.05) is 69.0 Å². The van der Waals surface area contributed by atoms with Crippen LogP contribution in [0.25, 0.3) is 6.08 Å². The van der Waals surface area contributed by atoms with Gasteiger partial charge in [0.1, 0.15) is 0 Å². The molecular formula is C30H37NO5. The Hall–Kier alpha value is -3.41. The molecule has 0 aromatic heterocycles. The van der Waals surface area contributed by atoms with Crippen molar-refractivity contribution < 1.29 is 24.2 Å². The highest BCUT2D eigenvalue weighted by molar-refractivity contribution is 5.95. The van der Waals surface area contributed by atoms with Gasteiger partial charge >= 0.3 is 11.9 Å². The number of carboxylic acids is 1. The van der Waals surface area contributed by atoms with Crippen molar-refractivity contribution >= 4 is 29.6 Å². The first kappa shape index (κ1) is 27.2. The molecular weight excluding hydrogens is 454 g/mol. The third-order valence-electron chi connectivity index (χ3n) is 6.54. The first-order valence-corrected chi connectivity index (χ1v) is 13.0. The number of anilines is 1. The molecule has 2 aromatic rings. The van der Waals surface area contributed by atoms with E-state index in [0.717, 1.165) is 60.9 Å². The molecule has 0 unspecified atom stereocenters. The maximum Gasteiger partial charge on any atom is 0.330 e. The number of esters is 1. The number of carbonyl (C=O) groups excluding carboxylic acids is 2. The van der Waals surface area contributed by atoms with Crippen LogP contribution in [-0.4, -0.2) is 29.6 Å². The Morgan fingerprint density at radius 1 is 1.03 bits per heavy atom. The molecule has 2 aromatic carbocycles. The Labute approximate surface area is 214 Å². The molecule has 6 nitrogen and oxygen atoms in total. The van der Waals surface area contributed by atoms with Gasteiger partial charge < -0.3 is 14.7 Å². The first-order valence-electron chi connectivity index (χ1n) is 13.0. The Balaban J connectivity index is 1.74. The molecule has 0 bridgehead atoms. The number of benzene rings is 2. The zero-order valence-corrected chi connectivity index (χ0v) is 21.2. The van der Waals surface area contributed by atoms with E-state index in [1.807, 2.05) is 60.4 Å². The van der Waals surface area contributed by atoms with Crippen LogP contribution in [0.4, 0.5) is 5.69 Å². The number of hydrogen-bond acceptors (Lipinski definition) is 4. The maximum atomic E-state index is 13.6. The SMILES string of the molecule is CCCCOC(=O)/C=C/c1ccc(CN(C(=O)C2CCCCC2)c2cccc(CCC(=O)O)c2)cc1. The molecule has 1 aliphatic rings. The van der Waals surface area contributed by atoms with E-state index in [-0.39, 0.29) is 24.2 Å². The number of aryl methyl sites for hydroxylation is 1. The summed E-state index contributed by atoms with van der Waals surface area (Å²) in [4.78, 5) is 38.3. The number of aliphatic carboxylic acids is 1. The van der Waals surface area contributed by atoms with Crippen LogP contribution in [0.1, 0.15) is 75.0 Å². The van der Waals surface area contributed by atoms with Crippen molar-refractivity contribution in [3.63, 3.8) is 0 Å². The van der Waals surface area contributed by atoms with Crippen LogP contribution < -0.4 is 4.90 Å². The number of unbranched alkanes of at least 4 members (excludes halogenated alkanes) is 1. The second-order valence-corrected chi connectivity index (χ2v) is 9.42. The average Bonchev–Trinajstić information content (AvgIpc) is 2.90. The van der Waals surface area contributed by atoms with Crippen LogP contribution in [-0.2, 0) is 32.1 Å². The molecule has 1 aliphatic carbocycles. The summed E-state index contributed by atoms with van der Waals surface area (Å²) >= 11 is 0. The van der Waals surface area contributed by atoms with Gasteiger partial charge in [-0.2, -0.15) is 0 Å². The third kappa shape index (κ3) is 8.67. The summed E-state index contributed by atoms with van der Waals surface area (Å²) in [5.74, 6) is -1.04. The van der Waals surface area contributed by atoms with E-state index in [0.29, 0.717) is 19.6 Å². The molecule has 3 rings (SSSR count). The largest absolute Gasteiger partial charge is 0.481 e. The van der Waals surface area contributed by atoms with Crippen LogP contribution in [0.5, 0.6) is 0 Å². The van der Waals surface area contributed by atoms with Crippen molar-refractivity contribution in [1.82, 2.24) is 0 Å². The minimum Gasteiger partial charge on any atom is -0.481 e. The monoisotopic (exact) mass is 491 g/mol. The number of ether oxygens (including phenoxy) is 1. The standard InChI is InChI=1S/C30H37NO5/c1-2-3-20-36-29(34)19-17-23-12-14-25(15-13-23)22-31(30(35)26-9-5-4-6-10-26)27-11-7-8-24(21-27)16-18-28(32)33/h7-8,11-15,17,19,21,26H,2-6,9-10,16,18,20,22H2,1H3,(H,32,33)/b19-17+. The predicted octanol–water partition coefficient (Wildman–Crippen LogP) is 6.17. The van der Waals surface area contributed by atoms with Gasteiger partial charge in [0.05, 0.1) is 13.2 Å². The van der Waals surface area contributed by atoms with Gasteiger partial charge in [-0.25, -0.2) is 4.79 Å². The summed E-state index contributed by atoms with van der Waals surface area (Å²) in [6.45, 7) is 2.91. The zero-order valence-electron chi connectivity index (χ0n) is 21.2. The van der Waals surface area contributed by atoms with E-state index in [9.17, 15) is 14.4 Å². The maximum absolute atomic E-state index is 13.6. The minimum atomic E-state index is -0.834. The first-order chi connectivity index (χ1) is 17.5. The molecule has 0 radical (unpaired) electrons. The second kappa shape index (κ2) is 14.2. The highest BCUT2D eigenvalue weighted by Crippen LogP contribution is 2.29. The fraction of sp³-hybridized carbons (Fsp3) is 0.433. The number of carbonyl (C=O) groups is 3. The van der Waals surface area contributed by atoms with Crippen LogP contribution >= 0.6 is 0 Å². The quantitative estimate of drug-likeness (QED) is 0.218. The van der Waals surface area contributed by atoms with Crippen molar-refractivity contribution in [2.24, 2.45) is 5.92 Å². The van der Waals surface area contributed by atoms with E-state index < -0.39 is 5.97 Å². The fourth-order valence-corrected chi connectivity index (χ4v) is 4.44. The van der Waals surface area contributed by atoms with Crippen molar-refractivity contribution in [3.8, 4) is 0 Å². The van der Waals surface area contributed by atoms with Gasteiger partial charge in [-0.3, -0.25) is 9.59 Å². The normalized spacial score (nSPS) is 14.0. The Bertz CT molecular complexity index is 1040. The zero-order chi connectivity index (χ0) is 25.8. The van der Waals surface area contributed by atoms with Gasteiger partial charge in [0.2, 0.25) is 5.91 Å². The number of hydrogen-bond donors (Lipinski definition) is 1. The Morgan fingerprint density at radius 2 is 1.78 bits per heavy atom. The molecule has 0 aliphatic heterocycles. The topological polar surface area (TPSA) is 83.9 Å². The molecule has 6 heteroatoms.